The predicted molar refractivity (Wildman–Crippen MR) is 71.6 cm³/mol. The van der Waals surface area contributed by atoms with Gasteiger partial charge in [0.2, 0.25) is 11.0 Å². The van der Waals surface area contributed by atoms with Crippen LogP contribution >= 0.6 is 23.1 Å². The first-order chi connectivity index (χ1) is 8.65. The van der Waals surface area contributed by atoms with E-state index >= 15 is 0 Å². The molecule has 0 saturated carbocycles. The first kappa shape index (κ1) is 13.6. The average Bonchev–Trinajstić information content (AvgIpc) is 2.97. The summed E-state index contributed by atoms with van der Waals surface area (Å²) in [6, 6.07) is 0. The zero-order chi connectivity index (χ0) is 13.0. The van der Waals surface area contributed by atoms with Crippen LogP contribution in [0.25, 0.3) is 0 Å². The summed E-state index contributed by atoms with van der Waals surface area (Å²) in [7, 11) is 0. The van der Waals surface area contributed by atoms with E-state index < -0.39 is 0 Å². The van der Waals surface area contributed by atoms with Crippen molar-refractivity contribution in [1.29, 1.82) is 0 Å². The number of hydrogen-bond donors (Lipinski definition) is 2. The number of aromatic nitrogens is 2. The molecule has 2 atom stereocenters. The van der Waals surface area contributed by atoms with Crippen LogP contribution in [0.5, 0.6) is 0 Å². The van der Waals surface area contributed by atoms with Gasteiger partial charge < -0.3 is 15.8 Å². The molecule has 8 heteroatoms. The van der Waals surface area contributed by atoms with Crippen LogP contribution in [0.3, 0.4) is 0 Å². The third kappa shape index (κ3) is 3.82. The zero-order valence-corrected chi connectivity index (χ0v) is 11.7. The fourth-order valence-corrected chi connectivity index (χ4v) is 3.44. The molecule has 2 rings (SSSR count). The maximum Gasteiger partial charge on any atom is 0.233 e. The molecular formula is C10H16N4O2S2. The second-order valence-electron chi connectivity index (χ2n) is 4.05. The van der Waals surface area contributed by atoms with Crippen molar-refractivity contribution in [1.82, 2.24) is 15.5 Å². The number of amides is 1. The number of hydrogen-bond acceptors (Lipinski definition) is 7. The Morgan fingerprint density at radius 2 is 2.56 bits per heavy atom. The summed E-state index contributed by atoms with van der Waals surface area (Å²) < 4.78 is 6.16. The standard InChI is InChI=1S/C10H16N4O2S2/c1-6(17-10-14-13-9(11)18-10)8(15)12-5-7-3-2-4-16-7/h6-7H,2-5H2,1H3,(H2,11,13)(H,12,15). The highest BCUT2D eigenvalue weighted by Crippen LogP contribution is 2.27. The van der Waals surface area contributed by atoms with Gasteiger partial charge in [-0.3, -0.25) is 4.79 Å². The summed E-state index contributed by atoms with van der Waals surface area (Å²) in [5, 5.41) is 10.7. The van der Waals surface area contributed by atoms with Gasteiger partial charge in [-0.2, -0.15) is 0 Å². The normalized spacial score (nSPS) is 20.8. The van der Waals surface area contributed by atoms with Gasteiger partial charge in [-0.25, -0.2) is 0 Å². The van der Waals surface area contributed by atoms with E-state index in [-0.39, 0.29) is 17.3 Å². The first-order valence-corrected chi connectivity index (χ1v) is 7.49. The number of ether oxygens (including phenoxy) is 1. The van der Waals surface area contributed by atoms with Crippen molar-refractivity contribution in [3.05, 3.63) is 0 Å². The van der Waals surface area contributed by atoms with Gasteiger partial charge in [0.1, 0.15) is 0 Å². The van der Waals surface area contributed by atoms with Crippen molar-refractivity contribution < 1.29 is 9.53 Å². The molecular weight excluding hydrogens is 272 g/mol. The summed E-state index contributed by atoms with van der Waals surface area (Å²) in [4.78, 5) is 11.8. The predicted octanol–water partition coefficient (Wildman–Crippen LogP) is 0.896. The number of thioether (sulfide) groups is 1. The molecule has 1 amide bonds. The summed E-state index contributed by atoms with van der Waals surface area (Å²) in [6.45, 7) is 3.23. The van der Waals surface area contributed by atoms with Crippen LogP contribution in [0.2, 0.25) is 0 Å². The molecule has 0 bridgehead atoms. The minimum absolute atomic E-state index is 0.00993. The van der Waals surface area contributed by atoms with E-state index in [1.165, 1.54) is 23.1 Å². The molecule has 1 aromatic rings. The third-order valence-corrected chi connectivity index (χ3v) is 4.53. The van der Waals surface area contributed by atoms with Crippen molar-refractivity contribution in [2.75, 3.05) is 18.9 Å². The van der Waals surface area contributed by atoms with Crippen molar-refractivity contribution in [3.8, 4) is 0 Å². The SMILES string of the molecule is CC(Sc1nnc(N)s1)C(=O)NCC1CCCO1. The van der Waals surface area contributed by atoms with E-state index in [2.05, 4.69) is 15.5 Å². The number of nitrogens with two attached hydrogens (primary N) is 1. The molecule has 0 radical (unpaired) electrons. The molecule has 0 aliphatic carbocycles. The molecule has 0 aromatic carbocycles. The van der Waals surface area contributed by atoms with Gasteiger partial charge in [-0.1, -0.05) is 23.1 Å². The highest BCUT2D eigenvalue weighted by Gasteiger charge is 2.20. The van der Waals surface area contributed by atoms with Crippen LogP contribution in [-0.2, 0) is 9.53 Å². The summed E-state index contributed by atoms with van der Waals surface area (Å²) in [5.41, 5.74) is 5.49. The molecule has 1 aliphatic heterocycles. The summed E-state index contributed by atoms with van der Waals surface area (Å²) >= 11 is 2.66. The van der Waals surface area contributed by atoms with Gasteiger partial charge in [0.05, 0.1) is 11.4 Å². The van der Waals surface area contributed by atoms with Gasteiger partial charge in [-0.05, 0) is 19.8 Å². The molecule has 1 aliphatic rings. The highest BCUT2D eigenvalue weighted by molar-refractivity contribution is 8.02. The molecule has 2 heterocycles. The Labute approximate surface area is 114 Å². The number of nitrogens with zero attached hydrogens (tertiary/aromatic N) is 2. The van der Waals surface area contributed by atoms with Gasteiger partial charge >= 0.3 is 0 Å². The Morgan fingerprint density at radius 1 is 1.72 bits per heavy atom. The van der Waals surface area contributed by atoms with E-state index in [9.17, 15) is 4.79 Å². The van der Waals surface area contributed by atoms with Crippen LogP contribution < -0.4 is 11.1 Å². The Balaban J connectivity index is 1.74. The average molecular weight is 288 g/mol. The number of nitrogens with one attached hydrogen (secondary N) is 1. The van der Waals surface area contributed by atoms with Crippen LogP contribution in [-0.4, -0.2) is 40.6 Å². The van der Waals surface area contributed by atoms with Crippen LogP contribution in [0.4, 0.5) is 5.13 Å². The Hall–Kier alpha value is -0.860. The second-order valence-corrected chi connectivity index (χ2v) is 6.64. The van der Waals surface area contributed by atoms with Gasteiger partial charge in [-0.15, -0.1) is 10.2 Å². The lowest BCUT2D eigenvalue weighted by Crippen LogP contribution is -2.36. The fraction of sp³-hybridized carbons (Fsp3) is 0.700. The zero-order valence-electron chi connectivity index (χ0n) is 10.1. The van der Waals surface area contributed by atoms with E-state index in [1.54, 1.807) is 0 Å². The molecule has 100 valence electrons. The second kappa shape index (κ2) is 6.35. The molecule has 2 unspecified atom stereocenters. The molecule has 1 saturated heterocycles. The number of carbonyl (C=O) groups excluding carboxylic acids is 1. The monoisotopic (exact) mass is 288 g/mol. The van der Waals surface area contributed by atoms with Crippen LogP contribution in [0, 0.1) is 0 Å². The lowest BCUT2D eigenvalue weighted by atomic mass is 10.2. The first-order valence-electron chi connectivity index (χ1n) is 5.80. The lowest BCUT2D eigenvalue weighted by molar-refractivity contribution is -0.120. The number of rotatable bonds is 5. The van der Waals surface area contributed by atoms with E-state index in [4.69, 9.17) is 10.5 Å². The Bertz CT molecular complexity index is 406. The van der Waals surface area contributed by atoms with Gasteiger partial charge in [0, 0.05) is 13.2 Å². The van der Waals surface area contributed by atoms with Crippen molar-refractivity contribution in [3.63, 3.8) is 0 Å². The molecule has 1 fully saturated rings. The van der Waals surface area contributed by atoms with E-state index in [0.717, 1.165) is 19.4 Å². The topological polar surface area (TPSA) is 90.1 Å². The maximum atomic E-state index is 11.8. The maximum absolute atomic E-state index is 11.8. The number of carbonyl (C=O) groups is 1. The fourth-order valence-electron chi connectivity index (χ4n) is 1.64. The third-order valence-electron chi connectivity index (χ3n) is 2.60. The minimum atomic E-state index is -0.209. The van der Waals surface area contributed by atoms with Crippen molar-refractivity contribution in [2.45, 2.75) is 35.5 Å². The molecule has 1 aromatic heterocycles. The van der Waals surface area contributed by atoms with Crippen LogP contribution in [0.15, 0.2) is 4.34 Å². The van der Waals surface area contributed by atoms with Gasteiger partial charge in [0.15, 0.2) is 4.34 Å². The lowest BCUT2D eigenvalue weighted by Gasteiger charge is -2.13. The summed E-state index contributed by atoms with van der Waals surface area (Å²) in [6.07, 6.45) is 2.27. The number of nitrogen functional groups attached to an aromatic ring is 1. The Kier molecular flexibility index (Phi) is 4.79. The largest absolute Gasteiger partial charge is 0.376 e. The van der Waals surface area contributed by atoms with Crippen LogP contribution in [0.1, 0.15) is 19.8 Å². The quantitative estimate of drug-likeness (QED) is 0.782. The van der Waals surface area contributed by atoms with E-state index in [0.29, 0.717) is 16.0 Å². The molecule has 6 nitrogen and oxygen atoms in total. The van der Waals surface area contributed by atoms with Crippen molar-refractivity contribution in [2.24, 2.45) is 0 Å². The van der Waals surface area contributed by atoms with E-state index in [1.807, 2.05) is 6.92 Å². The highest BCUT2D eigenvalue weighted by atomic mass is 32.2. The summed E-state index contributed by atoms with van der Waals surface area (Å²) in [5.74, 6) is -0.00993. The smallest absolute Gasteiger partial charge is 0.233 e. The minimum Gasteiger partial charge on any atom is -0.376 e. The Morgan fingerprint density at radius 3 is 3.17 bits per heavy atom. The molecule has 0 spiro atoms. The number of anilines is 1. The van der Waals surface area contributed by atoms with Crippen molar-refractivity contribution >= 4 is 34.1 Å². The molecule has 3 N–H and O–H groups in total. The molecule has 18 heavy (non-hydrogen) atoms. The van der Waals surface area contributed by atoms with Gasteiger partial charge in [0.25, 0.3) is 0 Å².